The molecule has 80 valence electrons. The summed E-state index contributed by atoms with van der Waals surface area (Å²) in [4.78, 5) is 38.5. The Morgan fingerprint density at radius 1 is 0.857 bits per heavy atom. The summed E-state index contributed by atoms with van der Waals surface area (Å²) in [6.45, 7) is 0. The van der Waals surface area contributed by atoms with E-state index in [1.807, 2.05) is 6.07 Å². The predicted octanol–water partition coefficient (Wildman–Crippen LogP) is 0.467. The van der Waals surface area contributed by atoms with Crippen molar-refractivity contribution in [3.8, 4) is 5.75 Å². The quantitative estimate of drug-likeness (QED) is 0.480. The molecule has 0 unspecified atom stereocenters. The highest BCUT2D eigenvalue weighted by Crippen LogP contribution is 2.27. The SMILES string of the molecule is OP(O)O.OP(O)Oc1ccccc1. The molecular weight excluding hydrogens is 230 g/mol. The highest BCUT2D eigenvalue weighted by atomic mass is 31.2. The van der Waals surface area contributed by atoms with Gasteiger partial charge in [-0.15, -0.1) is 0 Å². The van der Waals surface area contributed by atoms with E-state index in [1.165, 1.54) is 0 Å². The molecule has 0 amide bonds. The summed E-state index contributed by atoms with van der Waals surface area (Å²) in [5.74, 6) is 0.471. The van der Waals surface area contributed by atoms with Crippen LogP contribution in [0.1, 0.15) is 0 Å². The van der Waals surface area contributed by atoms with Crippen LogP contribution in [-0.4, -0.2) is 24.5 Å². The van der Waals surface area contributed by atoms with Crippen molar-refractivity contribution in [3.05, 3.63) is 30.3 Å². The Morgan fingerprint density at radius 2 is 1.29 bits per heavy atom. The molecule has 8 heteroatoms. The molecule has 0 aromatic heterocycles. The van der Waals surface area contributed by atoms with Crippen LogP contribution in [0, 0.1) is 0 Å². The number of hydrogen-bond acceptors (Lipinski definition) is 6. The highest BCUT2D eigenvalue weighted by Gasteiger charge is 1.99. The maximum atomic E-state index is 8.40. The van der Waals surface area contributed by atoms with Gasteiger partial charge in [0.1, 0.15) is 5.75 Å². The normalized spacial score (nSPS) is 9.64. The molecule has 0 saturated carbocycles. The molecule has 0 bridgehead atoms. The Hall–Kier alpha value is -0.320. The molecule has 0 heterocycles. The van der Waals surface area contributed by atoms with Crippen LogP contribution in [0.5, 0.6) is 5.75 Å². The lowest BCUT2D eigenvalue weighted by Crippen LogP contribution is -1.82. The van der Waals surface area contributed by atoms with Gasteiger partial charge in [0.05, 0.1) is 0 Å². The largest absolute Gasteiger partial charge is 0.427 e. The number of benzene rings is 1. The smallest absolute Gasteiger partial charge is 0.391 e. The number of rotatable bonds is 2. The van der Waals surface area contributed by atoms with Gasteiger partial charge < -0.3 is 29.0 Å². The van der Waals surface area contributed by atoms with Crippen molar-refractivity contribution < 1.29 is 29.0 Å². The van der Waals surface area contributed by atoms with Crippen LogP contribution in [0.4, 0.5) is 0 Å². The molecule has 0 spiro atoms. The topological polar surface area (TPSA) is 110 Å². The second-order valence-electron chi connectivity index (χ2n) is 1.93. The molecule has 0 saturated heterocycles. The van der Waals surface area contributed by atoms with Gasteiger partial charge in [0.15, 0.2) is 0 Å². The third-order valence-electron chi connectivity index (χ3n) is 0.930. The average molecular weight is 240 g/mol. The van der Waals surface area contributed by atoms with Gasteiger partial charge in [0.25, 0.3) is 0 Å². The van der Waals surface area contributed by atoms with E-state index in [9.17, 15) is 0 Å². The maximum Gasteiger partial charge on any atom is 0.391 e. The summed E-state index contributed by atoms with van der Waals surface area (Å²) >= 11 is 0. The van der Waals surface area contributed by atoms with E-state index < -0.39 is 17.2 Å². The summed E-state index contributed by atoms with van der Waals surface area (Å²) in [5.41, 5.74) is 0. The van der Waals surface area contributed by atoms with Crippen LogP contribution >= 0.6 is 17.2 Å². The van der Waals surface area contributed by atoms with E-state index in [-0.39, 0.29) is 0 Å². The van der Waals surface area contributed by atoms with Crippen molar-refractivity contribution in [1.82, 2.24) is 0 Å². The summed E-state index contributed by atoms with van der Waals surface area (Å²) in [6.07, 6.45) is 0. The minimum absolute atomic E-state index is 0.471. The second-order valence-corrected chi connectivity index (χ2v) is 3.15. The molecule has 0 fully saturated rings. The summed E-state index contributed by atoms with van der Waals surface area (Å²) < 4.78 is 4.59. The molecule has 14 heavy (non-hydrogen) atoms. The fourth-order valence-electron chi connectivity index (χ4n) is 0.576. The third-order valence-corrected chi connectivity index (χ3v) is 1.30. The zero-order valence-electron chi connectivity index (χ0n) is 6.93. The van der Waals surface area contributed by atoms with Crippen LogP contribution in [0.2, 0.25) is 0 Å². The van der Waals surface area contributed by atoms with E-state index >= 15 is 0 Å². The molecule has 1 aromatic carbocycles. The van der Waals surface area contributed by atoms with Gasteiger partial charge in [-0.2, -0.15) is 0 Å². The van der Waals surface area contributed by atoms with E-state index in [0.717, 1.165) is 0 Å². The fraction of sp³-hybridized carbons (Fsp3) is 0. The number of para-hydroxylation sites is 1. The van der Waals surface area contributed by atoms with Gasteiger partial charge >= 0.3 is 17.2 Å². The Balaban J connectivity index is 0.000000364. The molecule has 0 aliphatic rings. The fourth-order valence-corrected chi connectivity index (χ4v) is 0.886. The molecule has 6 nitrogen and oxygen atoms in total. The minimum Gasteiger partial charge on any atom is -0.427 e. The van der Waals surface area contributed by atoms with E-state index in [0.29, 0.717) is 5.75 Å². The zero-order chi connectivity index (χ0) is 11.0. The van der Waals surface area contributed by atoms with Gasteiger partial charge in [0.2, 0.25) is 0 Å². The lowest BCUT2D eigenvalue weighted by atomic mass is 10.3. The molecule has 1 rings (SSSR count). The van der Waals surface area contributed by atoms with Crippen molar-refractivity contribution in [3.63, 3.8) is 0 Å². The van der Waals surface area contributed by atoms with Gasteiger partial charge in [-0.1, -0.05) is 18.2 Å². The van der Waals surface area contributed by atoms with Gasteiger partial charge in [-0.3, -0.25) is 0 Å². The van der Waals surface area contributed by atoms with Gasteiger partial charge in [0, 0.05) is 0 Å². The average Bonchev–Trinajstić information content (AvgIpc) is 2.03. The van der Waals surface area contributed by atoms with Crippen molar-refractivity contribution in [2.45, 2.75) is 0 Å². The van der Waals surface area contributed by atoms with Crippen LogP contribution in [0.15, 0.2) is 30.3 Å². The van der Waals surface area contributed by atoms with Crippen LogP contribution in [-0.2, 0) is 0 Å². The summed E-state index contributed by atoms with van der Waals surface area (Å²) in [6, 6.07) is 8.65. The van der Waals surface area contributed by atoms with E-state index in [2.05, 4.69) is 4.52 Å². The Labute approximate surface area is 83.0 Å². The van der Waals surface area contributed by atoms with Crippen LogP contribution in [0.25, 0.3) is 0 Å². The van der Waals surface area contributed by atoms with E-state index in [1.54, 1.807) is 24.3 Å². The molecule has 0 atom stereocenters. The predicted molar refractivity (Wildman–Crippen MR) is 52.0 cm³/mol. The lowest BCUT2D eigenvalue weighted by molar-refractivity contribution is 0.367. The molecule has 5 N–H and O–H groups in total. The first kappa shape index (κ1) is 13.7. The first-order valence-electron chi connectivity index (χ1n) is 3.30. The van der Waals surface area contributed by atoms with Gasteiger partial charge in [-0.25, -0.2) is 0 Å². The summed E-state index contributed by atoms with van der Waals surface area (Å²) in [7, 11) is -4.90. The van der Waals surface area contributed by atoms with Crippen molar-refractivity contribution in [2.24, 2.45) is 0 Å². The van der Waals surface area contributed by atoms with Crippen molar-refractivity contribution in [2.75, 3.05) is 0 Å². The minimum atomic E-state index is -2.62. The van der Waals surface area contributed by atoms with Crippen LogP contribution < -0.4 is 4.52 Å². The first-order valence-corrected chi connectivity index (χ1v) is 5.66. The molecule has 1 aromatic rings. The summed E-state index contributed by atoms with van der Waals surface area (Å²) in [5, 5.41) is 0. The van der Waals surface area contributed by atoms with Crippen LogP contribution in [0.3, 0.4) is 0 Å². The van der Waals surface area contributed by atoms with Crippen molar-refractivity contribution >= 4 is 17.2 Å². The molecular formula is C6H10O6P2. The Bertz CT molecular complexity index is 226. The molecule has 0 radical (unpaired) electrons. The first-order chi connectivity index (χ1) is 6.52. The third kappa shape index (κ3) is 9.77. The number of hydrogen-bond donors (Lipinski definition) is 5. The Kier molecular flexibility index (Phi) is 7.84. The van der Waals surface area contributed by atoms with E-state index in [4.69, 9.17) is 24.5 Å². The molecule has 0 aliphatic heterocycles. The van der Waals surface area contributed by atoms with Crippen molar-refractivity contribution in [1.29, 1.82) is 0 Å². The lowest BCUT2D eigenvalue weighted by Gasteiger charge is -2.02. The second kappa shape index (κ2) is 8.03. The zero-order valence-corrected chi connectivity index (χ0v) is 8.71. The maximum absolute atomic E-state index is 8.40. The molecule has 0 aliphatic carbocycles. The monoisotopic (exact) mass is 240 g/mol. The standard InChI is InChI=1S/C6H7O3P.H3O3P/c7-10(8)9-6-4-2-1-3-5-6;1-4(2)3/h1-5,7-8H;1-3H. The Morgan fingerprint density at radius 3 is 1.64 bits per heavy atom. The highest BCUT2D eigenvalue weighted by molar-refractivity contribution is 7.39. The van der Waals surface area contributed by atoms with Gasteiger partial charge in [-0.05, 0) is 12.1 Å².